The third-order valence-corrected chi connectivity index (χ3v) is 5.15. The number of hydrogen-bond donors (Lipinski definition) is 3. The Morgan fingerprint density at radius 3 is 2.70 bits per heavy atom. The van der Waals surface area contributed by atoms with Gasteiger partial charge < -0.3 is 20.2 Å². The molecule has 2 amide bonds. The number of aromatic amines is 2. The van der Waals surface area contributed by atoms with Crippen LogP contribution in [0.3, 0.4) is 0 Å². The van der Waals surface area contributed by atoms with Crippen molar-refractivity contribution >= 4 is 34.2 Å². The van der Waals surface area contributed by atoms with E-state index in [-0.39, 0.29) is 23.9 Å². The van der Waals surface area contributed by atoms with Crippen LogP contribution >= 0.6 is 0 Å². The van der Waals surface area contributed by atoms with Crippen LogP contribution in [0.15, 0.2) is 41.2 Å². The summed E-state index contributed by atoms with van der Waals surface area (Å²) in [6.45, 7) is 4.35. The van der Waals surface area contributed by atoms with Gasteiger partial charge in [-0.25, -0.2) is 4.79 Å². The van der Waals surface area contributed by atoms with Crippen molar-refractivity contribution in [3.63, 3.8) is 0 Å². The summed E-state index contributed by atoms with van der Waals surface area (Å²) < 4.78 is 0. The number of amides is 2. The van der Waals surface area contributed by atoms with Crippen LogP contribution in [0.5, 0.6) is 0 Å². The molecule has 2 heterocycles. The molecule has 1 aliphatic heterocycles. The van der Waals surface area contributed by atoms with Crippen molar-refractivity contribution < 1.29 is 9.59 Å². The fourth-order valence-electron chi connectivity index (χ4n) is 3.50. The highest BCUT2D eigenvalue weighted by molar-refractivity contribution is 6.04. The Labute approximate surface area is 155 Å². The maximum Gasteiger partial charge on any atom is 0.323 e. The first-order chi connectivity index (χ1) is 12.9. The molecule has 4 rings (SSSR count). The molecule has 138 valence electrons. The van der Waals surface area contributed by atoms with Crippen LogP contribution in [0.25, 0.3) is 11.0 Å². The van der Waals surface area contributed by atoms with Gasteiger partial charge in [0.25, 0.3) is 0 Å². The number of imidazole rings is 1. The summed E-state index contributed by atoms with van der Waals surface area (Å²) in [5.74, 6) is -0.666. The lowest BCUT2D eigenvalue weighted by molar-refractivity contribution is -0.122. The highest BCUT2D eigenvalue weighted by Crippen LogP contribution is 2.30. The van der Waals surface area contributed by atoms with Crippen LogP contribution in [-0.2, 0) is 9.59 Å². The first-order valence-electron chi connectivity index (χ1n) is 8.82. The predicted octanol–water partition coefficient (Wildman–Crippen LogP) is 2.46. The Hall–Kier alpha value is -3.35. The zero-order valence-corrected chi connectivity index (χ0v) is 15.1. The Kier molecular flexibility index (Phi) is 4.07. The van der Waals surface area contributed by atoms with Crippen molar-refractivity contribution in [1.82, 2.24) is 9.97 Å². The molecular weight excluding hydrogens is 344 g/mol. The van der Waals surface area contributed by atoms with Gasteiger partial charge in [0.1, 0.15) is 0 Å². The molecule has 0 radical (unpaired) electrons. The molecule has 0 saturated carbocycles. The monoisotopic (exact) mass is 364 g/mol. The van der Waals surface area contributed by atoms with Crippen molar-refractivity contribution in [2.75, 3.05) is 16.8 Å². The smallest absolute Gasteiger partial charge is 0.323 e. The minimum Gasteiger partial charge on any atom is -0.326 e. The Morgan fingerprint density at radius 2 is 1.89 bits per heavy atom. The molecule has 1 fully saturated rings. The van der Waals surface area contributed by atoms with Crippen LogP contribution < -0.4 is 15.9 Å². The Balaban J connectivity index is 1.51. The number of fused-ring (bicyclic) bond motifs is 1. The van der Waals surface area contributed by atoms with Gasteiger partial charge in [-0.15, -0.1) is 0 Å². The minimum absolute atomic E-state index is 0.0470. The molecule has 1 aliphatic rings. The second kappa shape index (κ2) is 6.42. The maximum atomic E-state index is 12.7. The molecule has 0 bridgehead atoms. The molecule has 0 spiro atoms. The lowest BCUT2D eigenvalue weighted by atomic mass is 10.1. The SMILES string of the molecule is Cc1cccc(N2CC(C(=O)Nc3ccc4[nH]c(=O)[nH]c4c3)CC2=O)c1C. The summed E-state index contributed by atoms with van der Waals surface area (Å²) in [7, 11) is 0. The number of carbonyl (C=O) groups is 2. The average molecular weight is 364 g/mol. The van der Waals surface area contributed by atoms with E-state index in [4.69, 9.17) is 0 Å². The van der Waals surface area contributed by atoms with E-state index in [0.717, 1.165) is 16.8 Å². The van der Waals surface area contributed by atoms with E-state index in [2.05, 4.69) is 15.3 Å². The molecule has 1 aromatic heterocycles. The molecule has 27 heavy (non-hydrogen) atoms. The zero-order valence-electron chi connectivity index (χ0n) is 15.1. The van der Waals surface area contributed by atoms with Crippen LogP contribution in [0.4, 0.5) is 11.4 Å². The number of rotatable bonds is 3. The van der Waals surface area contributed by atoms with E-state index in [1.807, 2.05) is 32.0 Å². The number of carbonyl (C=O) groups excluding carboxylic acids is 2. The molecule has 2 aromatic carbocycles. The number of aromatic nitrogens is 2. The number of benzene rings is 2. The molecule has 0 aliphatic carbocycles. The second-order valence-corrected chi connectivity index (χ2v) is 6.95. The third-order valence-electron chi connectivity index (χ3n) is 5.15. The molecule has 1 saturated heterocycles. The lowest BCUT2D eigenvalue weighted by Crippen LogP contribution is -2.28. The number of hydrogen-bond acceptors (Lipinski definition) is 3. The molecule has 7 nitrogen and oxygen atoms in total. The van der Waals surface area contributed by atoms with Gasteiger partial charge in [0.2, 0.25) is 11.8 Å². The van der Waals surface area contributed by atoms with Crippen molar-refractivity contribution in [2.45, 2.75) is 20.3 Å². The van der Waals surface area contributed by atoms with Crippen molar-refractivity contribution in [2.24, 2.45) is 5.92 Å². The fourth-order valence-corrected chi connectivity index (χ4v) is 3.50. The van der Waals surface area contributed by atoms with E-state index in [1.54, 1.807) is 23.1 Å². The van der Waals surface area contributed by atoms with Crippen molar-refractivity contribution in [1.29, 1.82) is 0 Å². The Morgan fingerprint density at radius 1 is 1.11 bits per heavy atom. The number of nitrogens with zero attached hydrogens (tertiary/aromatic N) is 1. The van der Waals surface area contributed by atoms with Crippen molar-refractivity contribution in [3.8, 4) is 0 Å². The van der Waals surface area contributed by atoms with E-state index >= 15 is 0 Å². The van der Waals surface area contributed by atoms with Crippen molar-refractivity contribution in [3.05, 3.63) is 58.0 Å². The molecule has 3 N–H and O–H groups in total. The van der Waals surface area contributed by atoms with E-state index in [9.17, 15) is 14.4 Å². The largest absolute Gasteiger partial charge is 0.326 e. The summed E-state index contributed by atoms with van der Waals surface area (Å²) >= 11 is 0. The maximum absolute atomic E-state index is 12.7. The summed E-state index contributed by atoms with van der Waals surface area (Å²) in [5.41, 5.74) is 4.62. The fraction of sp³-hybridized carbons (Fsp3) is 0.250. The van der Waals surface area contributed by atoms with Gasteiger partial charge in [-0.05, 0) is 49.2 Å². The highest BCUT2D eigenvalue weighted by atomic mass is 16.2. The quantitative estimate of drug-likeness (QED) is 0.666. The van der Waals surface area contributed by atoms with Gasteiger partial charge in [0, 0.05) is 24.3 Å². The summed E-state index contributed by atoms with van der Waals surface area (Å²) in [5, 5.41) is 2.85. The van der Waals surface area contributed by atoms with E-state index in [0.29, 0.717) is 23.3 Å². The summed E-state index contributed by atoms with van der Waals surface area (Å²) in [6, 6.07) is 11.0. The van der Waals surface area contributed by atoms with Crippen LogP contribution in [0.2, 0.25) is 0 Å². The summed E-state index contributed by atoms with van der Waals surface area (Å²) in [6.07, 6.45) is 0.183. The number of nitrogens with one attached hydrogen (secondary N) is 3. The molecule has 1 unspecified atom stereocenters. The Bertz CT molecular complexity index is 1110. The normalized spacial score (nSPS) is 16.9. The van der Waals surface area contributed by atoms with Gasteiger partial charge in [-0.1, -0.05) is 12.1 Å². The highest BCUT2D eigenvalue weighted by Gasteiger charge is 2.35. The first-order valence-corrected chi connectivity index (χ1v) is 8.82. The molecule has 7 heteroatoms. The second-order valence-electron chi connectivity index (χ2n) is 6.95. The number of H-pyrrole nitrogens is 2. The van der Waals surface area contributed by atoms with Gasteiger partial charge in [-0.3, -0.25) is 9.59 Å². The topological polar surface area (TPSA) is 98.1 Å². The predicted molar refractivity (Wildman–Crippen MR) is 104 cm³/mol. The number of aryl methyl sites for hydroxylation is 1. The van der Waals surface area contributed by atoms with E-state index < -0.39 is 5.92 Å². The van der Waals surface area contributed by atoms with Crippen LogP contribution in [0.1, 0.15) is 17.5 Å². The zero-order chi connectivity index (χ0) is 19.1. The van der Waals surface area contributed by atoms with E-state index in [1.165, 1.54) is 0 Å². The number of anilines is 2. The van der Waals surface area contributed by atoms with Gasteiger partial charge in [0.15, 0.2) is 0 Å². The van der Waals surface area contributed by atoms with Gasteiger partial charge >= 0.3 is 5.69 Å². The van der Waals surface area contributed by atoms with Crippen LogP contribution in [-0.4, -0.2) is 28.3 Å². The first kappa shape index (κ1) is 17.1. The lowest BCUT2D eigenvalue weighted by Gasteiger charge is -2.20. The average Bonchev–Trinajstić information content (AvgIpc) is 3.19. The van der Waals surface area contributed by atoms with Gasteiger partial charge in [0.05, 0.1) is 17.0 Å². The standard InChI is InChI=1S/C20H20N4O3/c1-11-4-3-5-17(12(11)2)24-10-13(8-18(24)25)19(26)21-14-6-7-15-16(9-14)23-20(27)22-15/h3-7,9,13H,8,10H2,1-2H3,(H,21,26)(H2,22,23,27). The molecule has 1 atom stereocenters. The molecule has 3 aromatic rings. The minimum atomic E-state index is -0.418. The van der Waals surface area contributed by atoms with Gasteiger partial charge in [-0.2, -0.15) is 0 Å². The summed E-state index contributed by atoms with van der Waals surface area (Å²) in [4.78, 5) is 43.5. The third kappa shape index (κ3) is 3.12. The molecular formula is C20H20N4O3. The van der Waals surface area contributed by atoms with Crippen LogP contribution in [0, 0.1) is 19.8 Å².